The summed E-state index contributed by atoms with van der Waals surface area (Å²) in [4.78, 5) is 15.6. The van der Waals surface area contributed by atoms with Gasteiger partial charge in [0.15, 0.2) is 0 Å². The van der Waals surface area contributed by atoms with Gasteiger partial charge in [0.25, 0.3) is 5.91 Å². The Bertz CT molecular complexity index is 419. The van der Waals surface area contributed by atoms with E-state index in [2.05, 4.69) is 22.1 Å². The molecular formula is C12H14N2O2. The SMILES string of the molecule is CCCNC(=O)c1ccncc1C#CCO. The van der Waals surface area contributed by atoms with Crippen LogP contribution in [0.3, 0.4) is 0 Å². The van der Waals surface area contributed by atoms with Crippen molar-refractivity contribution in [2.24, 2.45) is 0 Å². The average molecular weight is 218 g/mol. The molecule has 0 aromatic carbocycles. The maximum absolute atomic E-state index is 11.7. The molecule has 0 spiro atoms. The first-order chi connectivity index (χ1) is 7.79. The fraction of sp³-hybridized carbons (Fsp3) is 0.333. The minimum atomic E-state index is -0.231. The Hall–Kier alpha value is -1.86. The molecule has 0 aliphatic carbocycles. The van der Waals surface area contributed by atoms with Crippen LogP contribution in [0.4, 0.5) is 0 Å². The summed E-state index contributed by atoms with van der Waals surface area (Å²) in [7, 11) is 0. The summed E-state index contributed by atoms with van der Waals surface area (Å²) in [6, 6.07) is 1.62. The molecule has 1 aromatic heterocycles. The van der Waals surface area contributed by atoms with Gasteiger partial charge in [-0.2, -0.15) is 0 Å². The van der Waals surface area contributed by atoms with Crippen molar-refractivity contribution in [2.75, 3.05) is 13.2 Å². The number of aliphatic hydroxyl groups excluding tert-OH is 1. The third kappa shape index (κ3) is 3.37. The van der Waals surface area contributed by atoms with E-state index in [9.17, 15) is 4.79 Å². The van der Waals surface area contributed by atoms with E-state index >= 15 is 0 Å². The Balaban J connectivity index is 2.89. The molecule has 1 amide bonds. The minimum Gasteiger partial charge on any atom is -0.384 e. The van der Waals surface area contributed by atoms with Gasteiger partial charge in [0.1, 0.15) is 6.61 Å². The van der Waals surface area contributed by atoms with Gasteiger partial charge in [-0.3, -0.25) is 9.78 Å². The summed E-state index contributed by atoms with van der Waals surface area (Å²) >= 11 is 0. The number of nitrogens with one attached hydrogen (secondary N) is 1. The molecule has 0 bridgehead atoms. The molecule has 4 nitrogen and oxygen atoms in total. The van der Waals surface area contributed by atoms with Crippen LogP contribution in [0.15, 0.2) is 18.5 Å². The molecule has 0 aliphatic heterocycles. The molecule has 16 heavy (non-hydrogen) atoms. The molecule has 0 aliphatic rings. The predicted molar refractivity (Wildman–Crippen MR) is 60.8 cm³/mol. The number of hydrogen-bond donors (Lipinski definition) is 2. The molecule has 1 heterocycles. The molecule has 2 N–H and O–H groups in total. The topological polar surface area (TPSA) is 62.2 Å². The van der Waals surface area contributed by atoms with Crippen LogP contribution in [0.5, 0.6) is 0 Å². The van der Waals surface area contributed by atoms with Crippen molar-refractivity contribution in [2.45, 2.75) is 13.3 Å². The van der Waals surface area contributed by atoms with Gasteiger partial charge in [0, 0.05) is 18.9 Å². The lowest BCUT2D eigenvalue weighted by Gasteiger charge is -2.04. The van der Waals surface area contributed by atoms with Gasteiger partial charge in [0.2, 0.25) is 0 Å². The van der Waals surface area contributed by atoms with Crippen LogP contribution in [0.25, 0.3) is 0 Å². The number of rotatable bonds is 3. The molecule has 4 heteroatoms. The van der Waals surface area contributed by atoms with Gasteiger partial charge in [-0.05, 0) is 12.5 Å². The zero-order chi connectivity index (χ0) is 11.8. The monoisotopic (exact) mass is 218 g/mol. The summed E-state index contributed by atoms with van der Waals surface area (Å²) in [6.07, 6.45) is 3.95. The van der Waals surface area contributed by atoms with Crippen molar-refractivity contribution in [3.05, 3.63) is 29.6 Å². The number of aromatic nitrogens is 1. The maximum Gasteiger partial charge on any atom is 0.252 e. The van der Waals surface area contributed by atoms with Crippen molar-refractivity contribution in [3.8, 4) is 11.8 Å². The first-order valence-electron chi connectivity index (χ1n) is 5.11. The molecule has 0 fully saturated rings. The highest BCUT2D eigenvalue weighted by atomic mass is 16.2. The summed E-state index contributed by atoms with van der Waals surface area (Å²) < 4.78 is 0. The highest BCUT2D eigenvalue weighted by Gasteiger charge is 2.08. The van der Waals surface area contributed by atoms with E-state index in [0.717, 1.165) is 6.42 Å². The van der Waals surface area contributed by atoms with Gasteiger partial charge >= 0.3 is 0 Å². The van der Waals surface area contributed by atoms with Gasteiger partial charge in [-0.1, -0.05) is 18.8 Å². The zero-order valence-corrected chi connectivity index (χ0v) is 9.16. The lowest BCUT2D eigenvalue weighted by atomic mass is 10.1. The maximum atomic E-state index is 11.7. The van der Waals surface area contributed by atoms with Crippen molar-refractivity contribution in [1.82, 2.24) is 10.3 Å². The largest absolute Gasteiger partial charge is 0.384 e. The highest BCUT2D eigenvalue weighted by Crippen LogP contribution is 2.05. The van der Waals surface area contributed by atoms with Crippen LogP contribution in [0, 0.1) is 11.8 Å². The Kier molecular flexibility index (Phi) is 5.03. The van der Waals surface area contributed by atoms with Crippen LogP contribution in [0.1, 0.15) is 29.3 Å². The second-order valence-corrected chi connectivity index (χ2v) is 3.14. The van der Waals surface area contributed by atoms with E-state index in [-0.39, 0.29) is 12.5 Å². The van der Waals surface area contributed by atoms with Crippen molar-refractivity contribution in [1.29, 1.82) is 0 Å². The van der Waals surface area contributed by atoms with E-state index in [4.69, 9.17) is 5.11 Å². The number of pyridine rings is 1. The third-order valence-corrected chi connectivity index (χ3v) is 1.90. The fourth-order valence-electron chi connectivity index (χ4n) is 1.16. The fourth-order valence-corrected chi connectivity index (χ4v) is 1.16. The number of carbonyl (C=O) groups is 1. The lowest BCUT2D eigenvalue weighted by Crippen LogP contribution is -2.24. The number of amides is 1. The quantitative estimate of drug-likeness (QED) is 0.729. The predicted octanol–water partition coefficient (Wildman–Crippen LogP) is 0.565. The van der Waals surface area contributed by atoms with Crippen molar-refractivity contribution in [3.63, 3.8) is 0 Å². The van der Waals surface area contributed by atoms with Crippen LogP contribution in [-0.4, -0.2) is 29.1 Å². The second-order valence-electron chi connectivity index (χ2n) is 3.14. The van der Waals surface area contributed by atoms with Gasteiger partial charge in [-0.25, -0.2) is 0 Å². The van der Waals surface area contributed by atoms with Crippen LogP contribution in [0.2, 0.25) is 0 Å². The first-order valence-corrected chi connectivity index (χ1v) is 5.11. The van der Waals surface area contributed by atoms with Crippen LogP contribution >= 0.6 is 0 Å². The van der Waals surface area contributed by atoms with Gasteiger partial charge in [0.05, 0.1) is 11.1 Å². The van der Waals surface area contributed by atoms with E-state index in [1.54, 1.807) is 12.3 Å². The summed E-state index contributed by atoms with van der Waals surface area (Å²) in [5.41, 5.74) is 1.02. The van der Waals surface area contributed by atoms with Gasteiger partial charge in [-0.15, -0.1) is 0 Å². The summed E-state index contributed by atoms with van der Waals surface area (Å²) in [5, 5.41) is 11.4. The standard InChI is InChI=1S/C12H14N2O2/c1-2-6-14-12(16)11-5-7-13-9-10(11)4-3-8-15/h5,7,9,15H,2,6,8H2,1H3,(H,14,16). The smallest absolute Gasteiger partial charge is 0.252 e. The molecule has 0 atom stereocenters. The normalized spacial score (nSPS) is 9.12. The Morgan fingerprint density at radius 3 is 3.12 bits per heavy atom. The Labute approximate surface area is 94.7 Å². The van der Waals surface area contributed by atoms with Crippen LogP contribution in [-0.2, 0) is 0 Å². The lowest BCUT2D eigenvalue weighted by molar-refractivity contribution is 0.0953. The molecule has 0 saturated heterocycles. The molecule has 84 valence electrons. The molecule has 0 saturated carbocycles. The second kappa shape index (κ2) is 6.59. The van der Waals surface area contributed by atoms with E-state index < -0.39 is 0 Å². The molecular weight excluding hydrogens is 204 g/mol. The van der Waals surface area contributed by atoms with E-state index in [1.807, 2.05) is 6.92 Å². The van der Waals surface area contributed by atoms with Crippen molar-refractivity contribution < 1.29 is 9.90 Å². The molecule has 1 rings (SSSR count). The summed E-state index contributed by atoms with van der Waals surface area (Å²) in [5.74, 6) is 5.04. The molecule has 0 unspecified atom stereocenters. The van der Waals surface area contributed by atoms with E-state index in [0.29, 0.717) is 17.7 Å². The zero-order valence-electron chi connectivity index (χ0n) is 9.16. The average Bonchev–Trinajstić information content (AvgIpc) is 2.33. The first kappa shape index (κ1) is 12.2. The minimum absolute atomic E-state index is 0.161. The van der Waals surface area contributed by atoms with Gasteiger partial charge < -0.3 is 10.4 Å². The molecule has 0 radical (unpaired) electrons. The Morgan fingerprint density at radius 1 is 1.62 bits per heavy atom. The Morgan fingerprint density at radius 2 is 2.44 bits per heavy atom. The number of carbonyl (C=O) groups excluding carboxylic acids is 1. The molecule has 1 aromatic rings. The van der Waals surface area contributed by atoms with Crippen molar-refractivity contribution >= 4 is 5.91 Å². The van der Waals surface area contributed by atoms with E-state index in [1.165, 1.54) is 6.20 Å². The third-order valence-electron chi connectivity index (χ3n) is 1.90. The number of hydrogen-bond acceptors (Lipinski definition) is 3. The number of nitrogens with zero attached hydrogens (tertiary/aromatic N) is 1. The number of aliphatic hydroxyl groups is 1. The summed E-state index contributed by atoms with van der Waals surface area (Å²) in [6.45, 7) is 2.39. The van der Waals surface area contributed by atoms with Crippen LogP contribution < -0.4 is 5.32 Å². The highest BCUT2D eigenvalue weighted by molar-refractivity contribution is 5.96.